The highest BCUT2D eigenvalue weighted by molar-refractivity contribution is 6.10. The zero-order valence-corrected chi connectivity index (χ0v) is 22.0. The fourth-order valence-corrected chi connectivity index (χ4v) is 3.19. The van der Waals surface area contributed by atoms with Gasteiger partial charge in [0, 0.05) is 23.9 Å². The van der Waals surface area contributed by atoms with Gasteiger partial charge >= 0.3 is 18.1 Å². The van der Waals surface area contributed by atoms with E-state index in [2.05, 4.69) is 9.72 Å². The fraction of sp³-hybridized carbons (Fsp3) is 0.286. The number of alkyl halides is 3. The molecule has 3 rings (SSSR count). The van der Waals surface area contributed by atoms with Crippen LogP contribution in [-0.4, -0.2) is 54.3 Å². The van der Waals surface area contributed by atoms with E-state index in [1.54, 1.807) is 6.92 Å². The second-order valence-electron chi connectivity index (χ2n) is 8.92. The number of pyridine rings is 1. The molecule has 12 heteroatoms. The Balaban J connectivity index is 1.74. The molecule has 1 unspecified atom stereocenters. The second kappa shape index (κ2) is 12.5. The van der Waals surface area contributed by atoms with E-state index in [9.17, 15) is 27.6 Å². The van der Waals surface area contributed by atoms with Crippen molar-refractivity contribution in [1.29, 1.82) is 0 Å². The number of hydrogen-bond acceptors (Lipinski definition) is 9. The number of aromatic nitrogens is 1. The minimum atomic E-state index is -5.38. The summed E-state index contributed by atoms with van der Waals surface area (Å²) >= 11 is 0. The van der Waals surface area contributed by atoms with Crippen LogP contribution >= 0.6 is 0 Å². The molecule has 212 valence electrons. The monoisotopic (exact) mass is 561 g/mol. The van der Waals surface area contributed by atoms with Gasteiger partial charge in [0.2, 0.25) is 11.5 Å². The van der Waals surface area contributed by atoms with Crippen LogP contribution in [0.5, 0.6) is 23.1 Å². The van der Waals surface area contributed by atoms with Crippen molar-refractivity contribution in [3.8, 4) is 23.1 Å². The number of esters is 2. The molecule has 9 nitrogen and oxygen atoms in total. The molecule has 2 aromatic carbocycles. The third kappa shape index (κ3) is 7.95. The molecule has 0 fully saturated rings. The van der Waals surface area contributed by atoms with Crippen LogP contribution < -0.4 is 18.9 Å². The first-order valence-electron chi connectivity index (χ1n) is 11.9. The van der Waals surface area contributed by atoms with E-state index in [4.69, 9.17) is 18.9 Å². The molecular formula is C28H26F3NO8. The number of para-hydroxylation sites is 1. The van der Waals surface area contributed by atoms with Crippen molar-refractivity contribution in [1.82, 2.24) is 4.98 Å². The Morgan fingerprint density at radius 3 is 2.23 bits per heavy atom. The Bertz CT molecular complexity index is 1340. The van der Waals surface area contributed by atoms with E-state index in [1.165, 1.54) is 43.6 Å². The molecule has 1 aromatic heterocycles. The van der Waals surface area contributed by atoms with Crippen molar-refractivity contribution in [2.75, 3.05) is 13.7 Å². The summed E-state index contributed by atoms with van der Waals surface area (Å²) in [5.41, 5.74) is -2.01. The zero-order chi connectivity index (χ0) is 29.5. The smallest absolute Gasteiger partial charge is 0.491 e. The summed E-state index contributed by atoms with van der Waals surface area (Å²) in [6, 6.07) is 16.2. The summed E-state index contributed by atoms with van der Waals surface area (Å²) in [6.07, 6.45) is -4.46. The second-order valence-corrected chi connectivity index (χ2v) is 8.92. The number of methoxy groups -OCH3 is 1. The molecule has 0 saturated heterocycles. The van der Waals surface area contributed by atoms with Gasteiger partial charge < -0.3 is 23.7 Å². The topological polar surface area (TPSA) is 110 Å². The van der Waals surface area contributed by atoms with Gasteiger partial charge in [-0.25, -0.2) is 14.6 Å². The zero-order valence-electron chi connectivity index (χ0n) is 22.0. The van der Waals surface area contributed by atoms with Crippen LogP contribution in [0.15, 0.2) is 66.9 Å². The van der Waals surface area contributed by atoms with E-state index in [-0.39, 0.29) is 41.2 Å². The first kappa shape index (κ1) is 29.9. The number of benzene rings is 2. The van der Waals surface area contributed by atoms with Crippen LogP contribution in [0.1, 0.15) is 36.7 Å². The maximum absolute atomic E-state index is 13.3. The SMILES string of the molecule is COc1ccc(C(=O)c2ccc(OC(C)COc3ccccc3)nc2)c(OC(C)(C)C(=O)OC(=O)C(F)(F)F)c1. The molecule has 0 aliphatic rings. The van der Waals surface area contributed by atoms with Crippen molar-refractivity contribution < 1.29 is 51.2 Å². The highest BCUT2D eigenvalue weighted by atomic mass is 19.4. The molecule has 0 bridgehead atoms. The summed E-state index contributed by atoms with van der Waals surface area (Å²) in [5, 5.41) is 0. The van der Waals surface area contributed by atoms with Crippen LogP contribution in [0.3, 0.4) is 0 Å². The summed E-state index contributed by atoms with van der Waals surface area (Å²) in [7, 11) is 1.34. The predicted octanol–water partition coefficient (Wildman–Crippen LogP) is 4.96. The molecule has 0 aliphatic heterocycles. The minimum absolute atomic E-state index is 0.0519. The van der Waals surface area contributed by atoms with E-state index in [0.717, 1.165) is 13.8 Å². The van der Waals surface area contributed by atoms with Crippen molar-refractivity contribution in [2.45, 2.75) is 38.7 Å². The summed E-state index contributed by atoms with van der Waals surface area (Å²) in [5.74, 6) is -3.91. The number of hydrogen-bond donors (Lipinski definition) is 0. The Hall–Kier alpha value is -4.61. The van der Waals surface area contributed by atoms with Gasteiger partial charge in [0.15, 0.2) is 5.78 Å². The normalized spacial score (nSPS) is 12.2. The van der Waals surface area contributed by atoms with Crippen molar-refractivity contribution >= 4 is 17.7 Å². The molecule has 1 atom stereocenters. The Labute approximate surface area is 227 Å². The van der Waals surface area contributed by atoms with Gasteiger partial charge in [0.25, 0.3) is 0 Å². The van der Waals surface area contributed by atoms with Crippen molar-refractivity contribution in [2.24, 2.45) is 0 Å². The number of carbonyl (C=O) groups excluding carboxylic acids is 3. The van der Waals surface area contributed by atoms with Crippen LogP contribution in [-0.2, 0) is 14.3 Å². The number of nitrogens with zero attached hydrogens (tertiary/aromatic N) is 1. The molecule has 0 aliphatic carbocycles. The van der Waals surface area contributed by atoms with E-state index < -0.39 is 29.5 Å². The Morgan fingerprint density at radius 1 is 0.925 bits per heavy atom. The van der Waals surface area contributed by atoms with Gasteiger partial charge in [0.1, 0.15) is 30.0 Å². The highest BCUT2D eigenvalue weighted by Gasteiger charge is 2.45. The van der Waals surface area contributed by atoms with Gasteiger partial charge in [0.05, 0.1) is 12.7 Å². The number of carbonyl (C=O) groups is 3. The van der Waals surface area contributed by atoms with Crippen molar-refractivity contribution in [3.63, 3.8) is 0 Å². The fourth-order valence-electron chi connectivity index (χ4n) is 3.19. The van der Waals surface area contributed by atoms with Gasteiger partial charge in [-0.2, -0.15) is 13.2 Å². The van der Waals surface area contributed by atoms with E-state index in [1.807, 2.05) is 30.3 Å². The molecule has 0 saturated carbocycles. The van der Waals surface area contributed by atoms with E-state index >= 15 is 0 Å². The third-order valence-corrected chi connectivity index (χ3v) is 5.26. The van der Waals surface area contributed by atoms with Gasteiger partial charge in [-0.1, -0.05) is 18.2 Å². The van der Waals surface area contributed by atoms with Gasteiger partial charge in [-0.05, 0) is 51.1 Å². The number of halogens is 3. The average molecular weight is 562 g/mol. The summed E-state index contributed by atoms with van der Waals surface area (Å²) in [4.78, 5) is 40.8. The summed E-state index contributed by atoms with van der Waals surface area (Å²) in [6.45, 7) is 4.22. The molecule has 1 heterocycles. The lowest BCUT2D eigenvalue weighted by Gasteiger charge is -2.25. The largest absolute Gasteiger partial charge is 0.497 e. The molecule has 0 N–H and O–H groups in total. The molecule has 0 radical (unpaired) electrons. The number of ether oxygens (including phenoxy) is 5. The minimum Gasteiger partial charge on any atom is -0.497 e. The van der Waals surface area contributed by atoms with Crippen LogP contribution in [0.2, 0.25) is 0 Å². The molecular weight excluding hydrogens is 535 g/mol. The van der Waals surface area contributed by atoms with E-state index in [0.29, 0.717) is 5.75 Å². The lowest BCUT2D eigenvalue weighted by molar-refractivity contribution is -0.206. The van der Waals surface area contributed by atoms with Crippen LogP contribution in [0.4, 0.5) is 13.2 Å². The highest BCUT2D eigenvalue weighted by Crippen LogP contribution is 2.31. The maximum atomic E-state index is 13.3. The predicted molar refractivity (Wildman–Crippen MR) is 135 cm³/mol. The molecule has 40 heavy (non-hydrogen) atoms. The Morgan fingerprint density at radius 2 is 1.62 bits per heavy atom. The number of ketones is 1. The molecule has 3 aromatic rings. The number of rotatable bonds is 11. The first-order valence-corrected chi connectivity index (χ1v) is 11.9. The standard InChI is InChI=1S/C28H26F3NO8/c1-17(16-37-19-8-6-5-7-9-19)38-23-13-10-18(15-32-23)24(33)21-12-11-20(36-4)14-22(21)40-27(2,3)25(34)39-26(35)28(29,30)31/h5-15,17H,16H2,1-4H3. The molecule has 0 spiro atoms. The quantitative estimate of drug-likeness (QED) is 0.182. The third-order valence-electron chi connectivity index (χ3n) is 5.26. The Kier molecular flexibility index (Phi) is 9.35. The van der Waals surface area contributed by atoms with Crippen LogP contribution in [0.25, 0.3) is 0 Å². The lowest BCUT2D eigenvalue weighted by atomic mass is 10.0. The lowest BCUT2D eigenvalue weighted by Crippen LogP contribution is -2.43. The molecule has 0 amide bonds. The van der Waals surface area contributed by atoms with Gasteiger partial charge in [-0.3, -0.25) is 4.79 Å². The first-order chi connectivity index (χ1) is 18.8. The maximum Gasteiger partial charge on any atom is 0.491 e. The average Bonchev–Trinajstić information content (AvgIpc) is 2.91. The van der Waals surface area contributed by atoms with Crippen molar-refractivity contribution in [3.05, 3.63) is 78.0 Å². The van der Waals surface area contributed by atoms with Gasteiger partial charge in [-0.15, -0.1) is 0 Å². The summed E-state index contributed by atoms with van der Waals surface area (Å²) < 4.78 is 63.6. The van der Waals surface area contributed by atoms with Crippen LogP contribution in [0, 0.1) is 0 Å².